The molecule has 2 rings (SSSR count). The fourth-order valence-electron chi connectivity index (χ4n) is 2.16. The van der Waals surface area contributed by atoms with Crippen LogP contribution < -0.4 is 5.73 Å². The Morgan fingerprint density at radius 3 is 3.06 bits per heavy atom. The predicted molar refractivity (Wildman–Crippen MR) is 65.6 cm³/mol. The lowest BCUT2D eigenvalue weighted by Gasteiger charge is -2.33. The number of likely N-dealkylation sites (N-methyl/N-ethyl adjacent to an activating group) is 1. The number of nitrogens with zero attached hydrogens (tertiary/aromatic N) is 2. The zero-order valence-electron chi connectivity index (χ0n) is 10.3. The fourth-order valence-corrected chi connectivity index (χ4v) is 2.16. The van der Waals surface area contributed by atoms with E-state index in [0.717, 1.165) is 12.1 Å². The number of morpholine rings is 1. The molecular formula is C12H19N3O2. The lowest BCUT2D eigenvalue weighted by Crippen LogP contribution is -2.43. The number of rotatable bonds is 2. The number of aryl methyl sites for hydroxylation is 1. The molecule has 0 aliphatic carbocycles. The summed E-state index contributed by atoms with van der Waals surface area (Å²) in [7, 11) is 2.02. The molecule has 1 fully saturated rings. The number of aliphatic hydroxyl groups is 1. The molecule has 2 atom stereocenters. The topological polar surface area (TPSA) is 71.6 Å². The van der Waals surface area contributed by atoms with Crippen LogP contribution in [-0.2, 0) is 4.74 Å². The first-order chi connectivity index (χ1) is 8.09. The molecule has 0 aromatic carbocycles. The Morgan fingerprint density at radius 2 is 2.41 bits per heavy atom. The van der Waals surface area contributed by atoms with Gasteiger partial charge in [-0.3, -0.25) is 0 Å². The van der Waals surface area contributed by atoms with Gasteiger partial charge in [-0.05, 0) is 25.6 Å². The van der Waals surface area contributed by atoms with Gasteiger partial charge >= 0.3 is 0 Å². The Kier molecular flexibility index (Phi) is 3.61. The molecule has 94 valence electrons. The van der Waals surface area contributed by atoms with E-state index in [0.29, 0.717) is 24.5 Å². The Hall–Kier alpha value is -1.17. The maximum atomic E-state index is 10.4. The van der Waals surface area contributed by atoms with Crippen molar-refractivity contribution in [1.82, 2.24) is 9.88 Å². The SMILES string of the molecule is Cc1ccnc(N)c1C(O)C1CN(C)CCO1. The maximum Gasteiger partial charge on any atom is 0.129 e. The number of pyridine rings is 1. The smallest absolute Gasteiger partial charge is 0.129 e. The lowest BCUT2D eigenvalue weighted by atomic mass is 9.99. The van der Waals surface area contributed by atoms with Crippen molar-refractivity contribution < 1.29 is 9.84 Å². The van der Waals surface area contributed by atoms with Crippen molar-refractivity contribution >= 4 is 5.82 Å². The van der Waals surface area contributed by atoms with Crippen molar-refractivity contribution in [3.63, 3.8) is 0 Å². The van der Waals surface area contributed by atoms with Gasteiger partial charge in [0.05, 0.1) is 6.61 Å². The first-order valence-corrected chi connectivity index (χ1v) is 5.78. The van der Waals surface area contributed by atoms with E-state index in [2.05, 4.69) is 9.88 Å². The molecule has 0 radical (unpaired) electrons. The number of hydrogen-bond acceptors (Lipinski definition) is 5. The second kappa shape index (κ2) is 5.00. The van der Waals surface area contributed by atoms with E-state index in [9.17, 15) is 5.11 Å². The number of aliphatic hydroxyl groups excluding tert-OH is 1. The van der Waals surface area contributed by atoms with Crippen LogP contribution in [0.25, 0.3) is 0 Å². The molecule has 5 heteroatoms. The molecule has 2 heterocycles. The normalized spacial score (nSPS) is 23.6. The average Bonchev–Trinajstić information content (AvgIpc) is 2.28. The molecule has 0 amide bonds. The Bertz CT molecular complexity index is 377. The van der Waals surface area contributed by atoms with Gasteiger partial charge in [0.15, 0.2) is 0 Å². The third-order valence-electron chi connectivity index (χ3n) is 3.18. The van der Waals surface area contributed by atoms with Crippen LogP contribution >= 0.6 is 0 Å². The molecule has 17 heavy (non-hydrogen) atoms. The molecule has 1 saturated heterocycles. The van der Waals surface area contributed by atoms with Crippen molar-refractivity contribution in [1.29, 1.82) is 0 Å². The number of nitrogen functional groups attached to an aromatic ring is 1. The molecule has 3 N–H and O–H groups in total. The standard InChI is InChI=1S/C12H19N3O2/c1-8-3-4-14-12(13)10(8)11(16)9-7-15(2)5-6-17-9/h3-4,9,11,16H,5-7H2,1-2H3,(H2,13,14). The summed E-state index contributed by atoms with van der Waals surface area (Å²) in [5.41, 5.74) is 7.46. The van der Waals surface area contributed by atoms with E-state index in [1.165, 1.54) is 0 Å². The van der Waals surface area contributed by atoms with E-state index < -0.39 is 6.10 Å². The molecule has 2 unspecified atom stereocenters. The summed E-state index contributed by atoms with van der Waals surface area (Å²) >= 11 is 0. The van der Waals surface area contributed by atoms with Crippen LogP contribution in [0.4, 0.5) is 5.82 Å². The monoisotopic (exact) mass is 237 g/mol. The van der Waals surface area contributed by atoms with Crippen molar-refractivity contribution in [2.24, 2.45) is 0 Å². The second-order valence-electron chi connectivity index (χ2n) is 4.54. The van der Waals surface area contributed by atoms with E-state index in [1.807, 2.05) is 20.0 Å². The predicted octanol–water partition coefficient (Wildman–Crippen LogP) is 0.336. The highest BCUT2D eigenvalue weighted by molar-refractivity contribution is 5.45. The highest BCUT2D eigenvalue weighted by atomic mass is 16.5. The summed E-state index contributed by atoms with van der Waals surface area (Å²) in [5.74, 6) is 0.384. The summed E-state index contributed by atoms with van der Waals surface area (Å²) < 4.78 is 5.60. The van der Waals surface area contributed by atoms with E-state index >= 15 is 0 Å². The van der Waals surface area contributed by atoms with E-state index in [1.54, 1.807) is 6.20 Å². The van der Waals surface area contributed by atoms with Crippen LogP contribution in [-0.4, -0.2) is 47.8 Å². The van der Waals surface area contributed by atoms with Crippen molar-refractivity contribution in [3.05, 3.63) is 23.4 Å². The van der Waals surface area contributed by atoms with Crippen LogP contribution in [0.2, 0.25) is 0 Å². The molecule has 0 bridgehead atoms. The molecule has 5 nitrogen and oxygen atoms in total. The highest BCUT2D eigenvalue weighted by Gasteiger charge is 2.28. The summed E-state index contributed by atoms with van der Waals surface area (Å²) in [5, 5.41) is 10.4. The minimum atomic E-state index is -0.716. The quantitative estimate of drug-likeness (QED) is 0.776. The summed E-state index contributed by atoms with van der Waals surface area (Å²) in [6.07, 6.45) is 0.694. The average molecular weight is 237 g/mol. The van der Waals surface area contributed by atoms with Crippen LogP contribution in [0.3, 0.4) is 0 Å². The molecule has 0 saturated carbocycles. The van der Waals surface area contributed by atoms with Gasteiger partial charge in [-0.2, -0.15) is 0 Å². The molecule has 0 spiro atoms. The molecule has 1 aromatic rings. The number of nitrogens with two attached hydrogens (primary N) is 1. The fraction of sp³-hybridized carbons (Fsp3) is 0.583. The van der Waals surface area contributed by atoms with Crippen LogP contribution in [0.5, 0.6) is 0 Å². The largest absolute Gasteiger partial charge is 0.385 e. The van der Waals surface area contributed by atoms with Gasteiger partial charge in [-0.15, -0.1) is 0 Å². The van der Waals surface area contributed by atoms with Gasteiger partial charge in [0.25, 0.3) is 0 Å². The number of anilines is 1. The zero-order valence-corrected chi connectivity index (χ0v) is 10.3. The molecule has 1 aliphatic rings. The van der Waals surface area contributed by atoms with Crippen LogP contribution in [0.1, 0.15) is 17.2 Å². The minimum Gasteiger partial charge on any atom is -0.385 e. The van der Waals surface area contributed by atoms with Gasteiger partial charge in [0, 0.05) is 24.8 Å². The zero-order chi connectivity index (χ0) is 12.4. The second-order valence-corrected chi connectivity index (χ2v) is 4.54. The first kappa shape index (κ1) is 12.3. The molecule has 1 aromatic heterocycles. The van der Waals surface area contributed by atoms with Gasteiger partial charge in [-0.25, -0.2) is 4.98 Å². The van der Waals surface area contributed by atoms with Crippen LogP contribution in [0.15, 0.2) is 12.3 Å². The van der Waals surface area contributed by atoms with Gasteiger partial charge in [0.2, 0.25) is 0 Å². The number of aromatic nitrogens is 1. The summed E-state index contributed by atoms with van der Waals surface area (Å²) in [6.45, 7) is 4.15. The van der Waals surface area contributed by atoms with Crippen molar-refractivity contribution in [2.45, 2.75) is 19.1 Å². The van der Waals surface area contributed by atoms with Crippen molar-refractivity contribution in [2.75, 3.05) is 32.5 Å². The summed E-state index contributed by atoms with van der Waals surface area (Å²) in [4.78, 5) is 6.16. The maximum absolute atomic E-state index is 10.4. The Morgan fingerprint density at radius 1 is 1.65 bits per heavy atom. The minimum absolute atomic E-state index is 0.237. The molecular weight excluding hydrogens is 218 g/mol. The van der Waals surface area contributed by atoms with Gasteiger partial charge in [0.1, 0.15) is 18.0 Å². The summed E-state index contributed by atoms with van der Waals surface area (Å²) in [6, 6.07) is 1.85. The number of ether oxygens (including phenoxy) is 1. The lowest BCUT2D eigenvalue weighted by molar-refractivity contribution is -0.0844. The molecule has 1 aliphatic heterocycles. The van der Waals surface area contributed by atoms with Gasteiger partial charge in [-0.1, -0.05) is 0 Å². The Labute approximate surface area is 101 Å². The number of hydrogen-bond donors (Lipinski definition) is 2. The van der Waals surface area contributed by atoms with E-state index in [4.69, 9.17) is 10.5 Å². The third-order valence-corrected chi connectivity index (χ3v) is 3.18. The third kappa shape index (κ3) is 2.57. The van der Waals surface area contributed by atoms with Crippen molar-refractivity contribution in [3.8, 4) is 0 Å². The first-order valence-electron chi connectivity index (χ1n) is 5.78. The van der Waals surface area contributed by atoms with Gasteiger partial charge < -0.3 is 20.5 Å². The highest BCUT2D eigenvalue weighted by Crippen LogP contribution is 2.27. The van der Waals surface area contributed by atoms with Crippen LogP contribution in [0, 0.1) is 6.92 Å². The van der Waals surface area contributed by atoms with E-state index in [-0.39, 0.29) is 6.10 Å². The Balaban J connectivity index is 2.21.